The number of nitrogens with zero attached hydrogens (tertiary/aromatic N) is 1. The molecule has 24 heavy (non-hydrogen) atoms. The van der Waals surface area contributed by atoms with Gasteiger partial charge < -0.3 is 20.3 Å². The summed E-state index contributed by atoms with van der Waals surface area (Å²) < 4.78 is 4.67. The summed E-state index contributed by atoms with van der Waals surface area (Å²) in [5.41, 5.74) is 0.467. The van der Waals surface area contributed by atoms with E-state index in [9.17, 15) is 14.4 Å². The zero-order valence-electron chi connectivity index (χ0n) is 13.4. The average Bonchev–Trinajstić information content (AvgIpc) is 2.59. The molecule has 1 saturated heterocycles. The molecule has 0 atom stereocenters. The fourth-order valence-electron chi connectivity index (χ4n) is 2.52. The molecule has 1 heterocycles. The molecule has 0 unspecified atom stereocenters. The zero-order chi connectivity index (χ0) is 17.5. The standard InChI is InChI=1S/C16H20ClN3O4/c1-24-16(23)20-7-5-11(6-8-20)10-18-14(21)15(22)19-13-4-2-3-12(17)9-13/h2-4,9,11H,5-8,10H2,1H3,(H,18,21)(H,19,22). The molecule has 8 heteroatoms. The minimum Gasteiger partial charge on any atom is -0.453 e. The number of amides is 3. The summed E-state index contributed by atoms with van der Waals surface area (Å²) in [5, 5.41) is 5.60. The molecule has 0 spiro atoms. The van der Waals surface area contributed by atoms with Gasteiger partial charge in [0.2, 0.25) is 0 Å². The highest BCUT2D eigenvalue weighted by Gasteiger charge is 2.24. The summed E-state index contributed by atoms with van der Waals surface area (Å²) in [4.78, 5) is 36.7. The van der Waals surface area contributed by atoms with Crippen LogP contribution in [0.3, 0.4) is 0 Å². The third-order valence-corrected chi connectivity index (χ3v) is 4.12. The van der Waals surface area contributed by atoms with Crippen LogP contribution in [0.5, 0.6) is 0 Å². The summed E-state index contributed by atoms with van der Waals surface area (Å²) in [5.74, 6) is -1.19. The van der Waals surface area contributed by atoms with E-state index in [1.165, 1.54) is 7.11 Å². The molecule has 130 valence electrons. The maximum atomic E-state index is 11.9. The number of likely N-dealkylation sites (tertiary alicyclic amines) is 1. The van der Waals surface area contributed by atoms with E-state index in [0.29, 0.717) is 30.3 Å². The predicted octanol–water partition coefficient (Wildman–Crippen LogP) is 1.87. The lowest BCUT2D eigenvalue weighted by Crippen LogP contribution is -2.43. The first-order chi connectivity index (χ1) is 11.5. The molecule has 0 aliphatic carbocycles. The van der Waals surface area contributed by atoms with Crippen LogP contribution in [-0.4, -0.2) is 49.6 Å². The number of halogens is 1. The van der Waals surface area contributed by atoms with Gasteiger partial charge in [-0.3, -0.25) is 9.59 Å². The Bertz CT molecular complexity index is 615. The molecule has 0 radical (unpaired) electrons. The Kier molecular flexibility index (Phi) is 6.43. The molecule has 1 aromatic rings. The van der Waals surface area contributed by atoms with Crippen molar-refractivity contribution in [3.63, 3.8) is 0 Å². The van der Waals surface area contributed by atoms with Gasteiger partial charge in [-0.1, -0.05) is 17.7 Å². The number of carbonyl (C=O) groups is 3. The number of piperidine rings is 1. The maximum absolute atomic E-state index is 11.9. The Balaban J connectivity index is 1.73. The van der Waals surface area contributed by atoms with Crippen molar-refractivity contribution < 1.29 is 19.1 Å². The molecule has 1 aliphatic heterocycles. The Morgan fingerprint density at radius 3 is 2.58 bits per heavy atom. The number of carbonyl (C=O) groups excluding carboxylic acids is 3. The fraction of sp³-hybridized carbons (Fsp3) is 0.438. The summed E-state index contributed by atoms with van der Waals surface area (Å²) in [6.45, 7) is 1.57. The normalized spacial score (nSPS) is 14.8. The van der Waals surface area contributed by atoms with Crippen molar-refractivity contribution in [2.24, 2.45) is 5.92 Å². The maximum Gasteiger partial charge on any atom is 0.409 e. The third-order valence-electron chi connectivity index (χ3n) is 3.89. The lowest BCUT2D eigenvalue weighted by atomic mass is 9.97. The van der Waals surface area contributed by atoms with Gasteiger partial charge in [-0.25, -0.2) is 4.79 Å². The molecule has 3 amide bonds. The third kappa shape index (κ3) is 5.13. The van der Waals surface area contributed by atoms with Gasteiger partial charge in [0.25, 0.3) is 0 Å². The van der Waals surface area contributed by atoms with Gasteiger partial charge in [0.15, 0.2) is 0 Å². The van der Waals surface area contributed by atoms with Crippen LogP contribution in [0.15, 0.2) is 24.3 Å². The summed E-state index contributed by atoms with van der Waals surface area (Å²) in [7, 11) is 1.35. The lowest BCUT2D eigenvalue weighted by Gasteiger charge is -2.30. The van der Waals surface area contributed by atoms with Gasteiger partial charge in [0, 0.05) is 30.3 Å². The van der Waals surface area contributed by atoms with Crippen molar-refractivity contribution in [3.8, 4) is 0 Å². The first kappa shape index (κ1) is 18.1. The number of ether oxygens (including phenoxy) is 1. The molecule has 7 nitrogen and oxygen atoms in total. The summed E-state index contributed by atoms with van der Waals surface area (Å²) in [6, 6.07) is 6.58. The number of hydrogen-bond acceptors (Lipinski definition) is 4. The quantitative estimate of drug-likeness (QED) is 0.812. The minimum absolute atomic E-state index is 0.230. The Morgan fingerprint density at radius 2 is 1.96 bits per heavy atom. The van der Waals surface area contributed by atoms with Crippen LogP contribution >= 0.6 is 11.6 Å². The number of rotatable bonds is 3. The van der Waals surface area contributed by atoms with E-state index < -0.39 is 11.8 Å². The van der Waals surface area contributed by atoms with Gasteiger partial charge in [-0.2, -0.15) is 0 Å². The monoisotopic (exact) mass is 353 g/mol. The molecule has 2 N–H and O–H groups in total. The van der Waals surface area contributed by atoms with Gasteiger partial charge >= 0.3 is 17.9 Å². The van der Waals surface area contributed by atoms with Crippen molar-refractivity contribution in [1.82, 2.24) is 10.2 Å². The number of methoxy groups -OCH3 is 1. The number of benzene rings is 1. The SMILES string of the molecule is COC(=O)N1CCC(CNC(=O)C(=O)Nc2cccc(Cl)c2)CC1. The van der Waals surface area contributed by atoms with Crippen molar-refractivity contribution in [1.29, 1.82) is 0 Å². The molecular weight excluding hydrogens is 334 g/mol. The number of hydrogen-bond donors (Lipinski definition) is 2. The Hall–Kier alpha value is -2.28. The van der Waals surface area contributed by atoms with E-state index in [0.717, 1.165) is 12.8 Å². The summed E-state index contributed by atoms with van der Waals surface area (Å²) >= 11 is 5.83. The smallest absolute Gasteiger partial charge is 0.409 e. The highest BCUT2D eigenvalue weighted by Crippen LogP contribution is 2.17. The van der Waals surface area contributed by atoms with Gasteiger partial charge in [0.1, 0.15) is 0 Å². The van der Waals surface area contributed by atoms with Crippen LogP contribution in [0, 0.1) is 5.92 Å². The molecule has 0 bridgehead atoms. The van der Waals surface area contributed by atoms with Crippen molar-refractivity contribution in [2.75, 3.05) is 32.1 Å². The van der Waals surface area contributed by atoms with E-state index in [4.69, 9.17) is 11.6 Å². The average molecular weight is 354 g/mol. The highest BCUT2D eigenvalue weighted by atomic mass is 35.5. The van der Waals surface area contributed by atoms with E-state index in [2.05, 4.69) is 15.4 Å². The highest BCUT2D eigenvalue weighted by molar-refractivity contribution is 6.39. The first-order valence-corrected chi connectivity index (χ1v) is 8.05. The largest absolute Gasteiger partial charge is 0.453 e. The van der Waals surface area contributed by atoms with Gasteiger partial charge in [-0.05, 0) is 37.0 Å². The molecule has 0 saturated carbocycles. The molecule has 1 aliphatic rings. The molecular formula is C16H20ClN3O4. The van der Waals surface area contributed by atoms with Gasteiger partial charge in [0.05, 0.1) is 7.11 Å². The zero-order valence-corrected chi connectivity index (χ0v) is 14.1. The van der Waals surface area contributed by atoms with Crippen LogP contribution in [0.1, 0.15) is 12.8 Å². The van der Waals surface area contributed by atoms with Crippen LogP contribution in [0.25, 0.3) is 0 Å². The second kappa shape index (κ2) is 8.54. The predicted molar refractivity (Wildman–Crippen MR) is 89.8 cm³/mol. The van der Waals surface area contributed by atoms with E-state index in [1.807, 2.05) is 0 Å². The summed E-state index contributed by atoms with van der Waals surface area (Å²) in [6.07, 6.45) is 1.18. The van der Waals surface area contributed by atoms with Crippen LogP contribution < -0.4 is 10.6 Å². The Labute approximate surface area is 145 Å². The number of anilines is 1. The molecule has 0 aromatic heterocycles. The van der Waals surface area contributed by atoms with Crippen molar-refractivity contribution >= 4 is 35.2 Å². The molecule has 2 rings (SSSR count). The molecule has 1 fully saturated rings. The molecule has 1 aromatic carbocycles. The second-order valence-corrected chi connectivity index (χ2v) is 6.01. The number of nitrogens with one attached hydrogen (secondary N) is 2. The van der Waals surface area contributed by atoms with E-state index in [-0.39, 0.29) is 12.0 Å². The lowest BCUT2D eigenvalue weighted by molar-refractivity contribution is -0.136. The van der Waals surface area contributed by atoms with Crippen molar-refractivity contribution in [2.45, 2.75) is 12.8 Å². The first-order valence-electron chi connectivity index (χ1n) is 7.67. The van der Waals surface area contributed by atoms with Gasteiger partial charge in [-0.15, -0.1) is 0 Å². The Morgan fingerprint density at radius 1 is 1.25 bits per heavy atom. The van der Waals surface area contributed by atoms with E-state index in [1.54, 1.807) is 29.2 Å². The van der Waals surface area contributed by atoms with Crippen molar-refractivity contribution in [3.05, 3.63) is 29.3 Å². The second-order valence-electron chi connectivity index (χ2n) is 5.57. The van der Waals surface area contributed by atoms with Crippen LogP contribution in [0.2, 0.25) is 5.02 Å². The van der Waals surface area contributed by atoms with E-state index >= 15 is 0 Å². The van der Waals surface area contributed by atoms with Crippen LogP contribution in [-0.2, 0) is 14.3 Å². The van der Waals surface area contributed by atoms with Crippen LogP contribution in [0.4, 0.5) is 10.5 Å². The minimum atomic E-state index is -0.732. The topological polar surface area (TPSA) is 87.7 Å². The fourth-order valence-corrected chi connectivity index (χ4v) is 2.71.